The molecule has 0 spiro atoms. The molecule has 5 heteroatoms. The number of rotatable bonds is 8. The Hall–Kier alpha value is 0.910. The van der Waals surface area contributed by atoms with Crippen LogP contribution in [0.2, 0.25) is 0 Å². The summed E-state index contributed by atoms with van der Waals surface area (Å²) in [6.07, 6.45) is 5.90. The van der Waals surface area contributed by atoms with Gasteiger partial charge in [0.15, 0.2) is 0 Å². The zero-order chi connectivity index (χ0) is 14.4. The summed E-state index contributed by atoms with van der Waals surface area (Å²) in [5.74, 6) is 0.552. The van der Waals surface area contributed by atoms with E-state index in [0.29, 0.717) is 12.3 Å². The van der Waals surface area contributed by atoms with Gasteiger partial charge in [0.25, 0.3) is 0 Å². The molecule has 0 bridgehead atoms. The fourth-order valence-corrected chi connectivity index (χ4v) is 3.73. The normalized spacial score (nSPS) is 15.7. The van der Waals surface area contributed by atoms with E-state index in [0.717, 1.165) is 19.3 Å². The molecule has 0 aliphatic heterocycles. The molecule has 0 aliphatic rings. The summed E-state index contributed by atoms with van der Waals surface area (Å²) in [6, 6.07) is 0. The molecule has 0 aromatic carbocycles. The molecule has 0 saturated heterocycles. The van der Waals surface area contributed by atoms with Gasteiger partial charge < -0.3 is 4.55 Å². The standard InChI is InChI=1S/C14H30O3S.Na/c1-6-8-9-12(7-2)10-11-13(14(3,4)5)18(15,16)17;/h12-13H,6-11H2,1-5H3,(H,15,16,17);/q;+1/p-1. The van der Waals surface area contributed by atoms with Crippen LogP contribution in [0.4, 0.5) is 0 Å². The first-order valence-corrected chi connectivity index (χ1v) is 8.54. The summed E-state index contributed by atoms with van der Waals surface area (Å²) >= 11 is 0. The first kappa shape index (κ1) is 22.2. The van der Waals surface area contributed by atoms with Gasteiger partial charge in [0.2, 0.25) is 0 Å². The molecule has 3 nitrogen and oxygen atoms in total. The molecule has 0 rings (SSSR count). The molecule has 0 amide bonds. The van der Waals surface area contributed by atoms with Gasteiger partial charge >= 0.3 is 29.6 Å². The maximum absolute atomic E-state index is 11.3. The SMILES string of the molecule is CCCCC(CC)CCC(C(C)(C)C)S(=O)(=O)[O-].[Na+]. The molecule has 0 heterocycles. The summed E-state index contributed by atoms with van der Waals surface area (Å²) < 4.78 is 34.0. The Balaban J connectivity index is 0. The monoisotopic (exact) mass is 300 g/mol. The Kier molecular flexibility index (Phi) is 11.4. The van der Waals surface area contributed by atoms with Crippen LogP contribution in [0.1, 0.15) is 73.1 Å². The van der Waals surface area contributed by atoms with Crippen molar-refractivity contribution in [3.63, 3.8) is 0 Å². The molecule has 0 aliphatic carbocycles. The van der Waals surface area contributed by atoms with Crippen LogP contribution in [-0.4, -0.2) is 18.2 Å². The Morgan fingerprint density at radius 1 is 1.05 bits per heavy atom. The Bertz CT molecular complexity index is 320. The first-order valence-electron chi connectivity index (χ1n) is 7.07. The van der Waals surface area contributed by atoms with Crippen LogP contribution in [0.3, 0.4) is 0 Å². The topological polar surface area (TPSA) is 57.2 Å². The predicted molar refractivity (Wildman–Crippen MR) is 75.5 cm³/mol. The molecule has 0 N–H and O–H groups in total. The molecule has 0 fully saturated rings. The third-order valence-electron chi connectivity index (χ3n) is 3.69. The van der Waals surface area contributed by atoms with Crippen molar-refractivity contribution < 1.29 is 42.5 Å². The maximum atomic E-state index is 11.3. The quantitative estimate of drug-likeness (QED) is 0.495. The van der Waals surface area contributed by atoms with Crippen molar-refractivity contribution in [3.05, 3.63) is 0 Å². The van der Waals surface area contributed by atoms with Crippen molar-refractivity contribution in [1.29, 1.82) is 0 Å². The molecule has 2 unspecified atom stereocenters. The Labute approximate surface area is 142 Å². The van der Waals surface area contributed by atoms with Gasteiger partial charge in [0, 0.05) is 0 Å². The van der Waals surface area contributed by atoms with E-state index < -0.39 is 20.8 Å². The van der Waals surface area contributed by atoms with E-state index in [9.17, 15) is 13.0 Å². The average molecular weight is 300 g/mol. The molecular formula is C14H29NaO3S. The van der Waals surface area contributed by atoms with Crippen LogP contribution in [0.25, 0.3) is 0 Å². The Morgan fingerprint density at radius 2 is 1.58 bits per heavy atom. The van der Waals surface area contributed by atoms with Crippen LogP contribution in [0.5, 0.6) is 0 Å². The minimum absolute atomic E-state index is 0. The van der Waals surface area contributed by atoms with Gasteiger partial charge in [-0.2, -0.15) is 0 Å². The molecule has 0 radical (unpaired) electrons. The van der Waals surface area contributed by atoms with Crippen LogP contribution in [0.15, 0.2) is 0 Å². The van der Waals surface area contributed by atoms with Crippen LogP contribution >= 0.6 is 0 Å². The molecule has 2 atom stereocenters. The number of unbranched alkanes of at least 4 members (excludes halogenated alkanes) is 1. The van der Waals surface area contributed by atoms with Gasteiger partial charge in [0.1, 0.15) is 0 Å². The number of hydrogen-bond acceptors (Lipinski definition) is 3. The molecule has 0 aromatic heterocycles. The molecular weight excluding hydrogens is 271 g/mol. The summed E-state index contributed by atoms with van der Waals surface area (Å²) in [4.78, 5) is 0. The van der Waals surface area contributed by atoms with Crippen LogP contribution < -0.4 is 29.6 Å². The van der Waals surface area contributed by atoms with Crippen molar-refractivity contribution in [2.75, 3.05) is 0 Å². The second-order valence-electron chi connectivity index (χ2n) is 6.34. The second-order valence-corrected chi connectivity index (χ2v) is 7.90. The minimum atomic E-state index is -4.20. The van der Waals surface area contributed by atoms with Crippen molar-refractivity contribution in [1.82, 2.24) is 0 Å². The molecule has 110 valence electrons. The molecule has 0 aromatic rings. The predicted octanol–water partition coefficient (Wildman–Crippen LogP) is 0.947. The van der Waals surface area contributed by atoms with Crippen LogP contribution in [0, 0.1) is 11.3 Å². The van der Waals surface area contributed by atoms with Gasteiger partial charge in [-0.1, -0.05) is 60.3 Å². The average Bonchev–Trinajstić information content (AvgIpc) is 2.19. The first-order chi connectivity index (χ1) is 8.12. The van der Waals surface area contributed by atoms with E-state index in [-0.39, 0.29) is 29.6 Å². The maximum Gasteiger partial charge on any atom is 1.00 e. The van der Waals surface area contributed by atoms with Gasteiger partial charge in [-0.15, -0.1) is 0 Å². The fraction of sp³-hybridized carbons (Fsp3) is 1.00. The van der Waals surface area contributed by atoms with Crippen LogP contribution in [-0.2, 0) is 10.1 Å². The van der Waals surface area contributed by atoms with Crippen molar-refractivity contribution in [2.45, 2.75) is 78.4 Å². The van der Waals surface area contributed by atoms with E-state index in [1.807, 2.05) is 20.8 Å². The van der Waals surface area contributed by atoms with E-state index in [2.05, 4.69) is 13.8 Å². The zero-order valence-electron chi connectivity index (χ0n) is 13.5. The molecule has 19 heavy (non-hydrogen) atoms. The van der Waals surface area contributed by atoms with E-state index in [1.165, 1.54) is 12.8 Å². The van der Waals surface area contributed by atoms with Crippen molar-refractivity contribution >= 4 is 10.1 Å². The van der Waals surface area contributed by atoms with Gasteiger partial charge in [-0.05, 0) is 24.2 Å². The van der Waals surface area contributed by atoms with Gasteiger partial charge in [0.05, 0.1) is 15.4 Å². The second kappa shape index (κ2) is 9.78. The third kappa shape index (κ3) is 9.46. The van der Waals surface area contributed by atoms with Crippen molar-refractivity contribution in [3.8, 4) is 0 Å². The van der Waals surface area contributed by atoms with E-state index in [1.54, 1.807) is 0 Å². The largest absolute Gasteiger partial charge is 1.00 e. The Morgan fingerprint density at radius 3 is 1.89 bits per heavy atom. The third-order valence-corrected chi connectivity index (χ3v) is 5.33. The summed E-state index contributed by atoms with van der Waals surface area (Å²) in [5, 5.41) is -0.763. The summed E-state index contributed by atoms with van der Waals surface area (Å²) in [7, 11) is -4.20. The summed E-state index contributed by atoms with van der Waals surface area (Å²) in [5.41, 5.74) is -0.469. The number of hydrogen-bond donors (Lipinski definition) is 0. The van der Waals surface area contributed by atoms with E-state index in [4.69, 9.17) is 0 Å². The van der Waals surface area contributed by atoms with Crippen molar-refractivity contribution in [2.24, 2.45) is 11.3 Å². The fourth-order valence-electron chi connectivity index (χ4n) is 2.44. The smallest absolute Gasteiger partial charge is 0.748 e. The summed E-state index contributed by atoms with van der Waals surface area (Å²) in [6.45, 7) is 9.80. The van der Waals surface area contributed by atoms with Gasteiger partial charge in [-0.3, -0.25) is 0 Å². The van der Waals surface area contributed by atoms with Gasteiger partial charge in [-0.25, -0.2) is 8.42 Å². The van der Waals surface area contributed by atoms with E-state index >= 15 is 0 Å². The zero-order valence-corrected chi connectivity index (χ0v) is 16.3. The minimum Gasteiger partial charge on any atom is -0.748 e. The molecule has 0 saturated carbocycles.